The smallest absolute Gasteiger partial charge is 0.248 e. The number of aromatic nitrogens is 1. The lowest BCUT2D eigenvalue weighted by atomic mass is 10.1. The van der Waals surface area contributed by atoms with Gasteiger partial charge in [0.25, 0.3) is 0 Å². The first-order valence-electron chi connectivity index (χ1n) is 10.6. The highest BCUT2D eigenvalue weighted by atomic mass is 32.2. The van der Waals surface area contributed by atoms with Gasteiger partial charge in [0.05, 0.1) is 10.6 Å². The number of hydrogen-bond acceptors (Lipinski definition) is 6. The molecule has 1 aliphatic carbocycles. The number of carbonyl (C=O) groups is 1. The predicted molar refractivity (Wildman–Crippen MR) is 120 cm³/mol. The highest BCUT2D eigenvalue weighted by Crippen LogP contribution is 2.43. The van der Waals surface area contributed by atoms with Crippen molar-refractivity contribution in [2.45, 2.75) is 69.1 Å². The molecule has 4 rings (SSSR count). The molecule has 1 fully saturated rings. The van der Waals surface area contributed by atoms with Gasteiger partial charge in [0.15, 0.2) is 19.7 Å². The zero-order chi connectivity index (χ0) is 21.5. The maximum atomic E-state index is 13.8. The molecule has 0 atom stereocenters. The molecule has 1 aromatic carbocycles. The number of aryl methyl sites for hydroxylation is 2. The van der Waals surface area contributed by atoms with Crippen LogP contribution >= 0.6 is 11.3 Å². The highest BCUT2D eigenvalue weighted by Gasteiger charge is 2.53. The number of likely N-dealkylation sites (N-methyl/N-ethyl adjacent to an activating group) is 1. The Morgan fingerprint density at radius 3 is 2.70 bits per heavy atom. The van der Waals surface area contributed by atoms with Crippen molar-refractivity contribution in [2.24, 2.45) is 0 Å². The molecule has 0 bridgehead atoms. The first-order chi connectivity index (χ1) is 14.3. The molecular formula is C22H29N3O3S2. The van der Waals surface area contributed by atoms with Crippen LogP contribution in [0, 0.1) is 13.8 Å². The molecule has 1 N–H and O–H groups in total. The number of nitrogens with one attached hydrogen (secondary N) is 1. The number of amides is 1. The van der Waals surface area contributed by atoms with Crippen LogP contribution in [0.1, 0.15) is 54.3 Å². The highest BCUT2D eigenvalue weighted by molar-refractivity contribution is 7.93. The third-order valence-electron chi connectivity index (χ3n) is 6.45. The molecule has 0 spiro atoms. The summed E-state index contributed by atoms with van der Waals surface area (Å²) in [6.45, 7) is 8.59. The number of thiazole rings is 1. The summed E-state index contributed by atoms with van der Waals surface area (Å²) in [6.07, 6.45) is 3.03. The molecule has 2 aromatic rings. The molecule has 2 aliphatic rings. The normalized spacial score (nSPS) is 18.9. The van der Waals surface area contributed by atoms with Crippen LogP contribution in [0.15, 0.2) is 23.1 Å². The molecule has 30 heavy (non-hydrogen) atoms. The summed E-state index contributed by atoms with van der Waals surface area (Å²) in [5, 5.41) is 3.41. The monoisotopic (exact) mass is 447 g/mol. The van der Waals surface area contributed by atoms with Crippen LogP contribution in [-0.4, -0.2) is 42.0 Å². The molecular weight excluding hydrogens is 418 g/mol. The van der Waals surface area contributed by atoms with Gasteiger partial charge in [-0.2, -0.15) is 0 Å². The molecule has 1 aromatic heterocycles. The number of benzene rings is 1. The Kier molecular flexibility index (Phi) is 5.76. The number of fused-ring (bicyclic) bond motifs is 1. The molecule has 0 unspecified atom stereocenters. The minimum Gasteiger partial charge on any atom is -0.301 e. The standard InChI is InChI=1S/C22H29N3O3S2/c1-4-25-12-9-17-18(14-25)29-21(23-17)24-20(26)22(10-5-6-11-22)30(27,28)19-13-15(2)7-8-16(19)3/h7-8,13H,4-6,9-12,14H2,1-3H3,(H,23,24,26). The number of nitrogens with zero attached hydrogens (tertiary/aromatic N) is 2. The average molecular weight is 448 g/mol. The van der Waals surface area contributed by atoms with Gasteiger partial charge >= 0.3 is 0 Å². The fourth-order valence-electron chi connectivity index (χ4n) is 4.55. The number of sulfone groups is 1. The Labute approximate surface area is 182 Å². The third kappa shape index (κ3) is 3.59. The van der Waals surface area contributed by atoms with E-state index < -0.39 is 20.5 Å². The Morgan fingerprint density at radius 2 is 2.00 bits per heavy atom. The summed E-state index contributed by atoms with van der Waals surface area (Å²) in [4.78, 5) is 21.8. The lowest BCUT2D eigenvalue weighted by Gasteiger charge is -2.28. The van der Waals surface area contributed by atoms with E-state index >= 15 is 0 Å². The quantitative estimate of drug-likeness (QED) is 0.753. The van der Waals surface area contributed by atoms with Crippen molar-refractivity contribution in [3.05, 3.63) is 39.9 Å². The second kappa shape index (κ2) is 8.05. The Morgan fingerprint density at radius 1 is 1.27 bits per heavy atom. The Hall–Kier alpha value is -1.77. The SMILES string of the molecule is CCN1CCc2nc(NC(=O)C3(S(=O)(=O)c4cc(C)ccc4C)CCCC3)sc2C1. The van der Waals surface area contributed by atoms with Gasteiger partial charge in [-0.05, 0) is 50.4 Å². The fraction of sp³-hybridized carbons (Fsp3) is 0.545. The van der Waals surface area contributed by atoms with Crippen LogP contribution in [0.5, 0.6) is 0 Å². The summed E-state index contributed by atoms with van der Waals surface area (Å²) in [5.41, 5.74) is 2.59. The summed E-state index contributed by atoms with van der Waals surface area (Å²) in [6, 6.07) is 5.41. The van der Waals surface area contributed by atoms with E-state index in [-0.39, 0.29) is 4.90 Å². The van der Waals surface area contributed by atoms with Crippen molar-refractivity contribution in [3.8, 4) is 0 Å². The van der Waals surface area contributed by atoms with Gasteiger partial charge in [-0.25, -0.2) is 13.4 Å². The van der Waals surface area contributed by atoms with Crippen LogP contribution in [0.25, 0.3) is 0 Å². The van der Waals surface area contributed by atoms with Crippen LogP contribution < -0.4 is 5.32 Å². The molecule has 1 saturated carbocycles. The van der Waals surface area contributed by atoms with Crippen molar-refractivity contribution in [1.82, 2.24) is 9.88 Å². The Bertz CT molecular complexity index is 1070. The second-order valence-corrected chi connectivity index (χ2v) is 11.7. The number of rotatable bonds is 5. The summed E-state index contributed by atoms with van der Waals surface area (Å²) in [7, 11) is -3.83. The molecule has 2 heterocycles. The molecule has 162 valence electrons. The van der Waals surface area contributed by atoms with Crippen molar-refractivity contribution >= 4 is 32.2 Å². The van der Waals surface area contributed by atoms with Crippen LogP contribution in [0.3, 0.4) is 0 Å². The van der Waals surface area contributed by atoms with E-state index in [4.69, 9.17) is 0 Å². The van der Waals surface area contributed by atoms with E-state index in [1.807, 2.05) is 19.1 Å². The lowest BCUT2D eigenvalue weighted by molar-refractivity contribution is -0.118. The fourth-order valence-corrected chi connectivity index (χ4v) is 7.97. The van der Waals surface area contributed by atoms with E-state index in [1.54, 1.807) is 13.0 Å². The van der Waals surface area contributed by atoms with Crippen LogP contribution in [0.4, 0.5) is 5.13 Å². The molecule has 6 nitrogen and oxygen atoms in total. The molecule has 8 heteroatoms. The number of anilines is 1. The summed E-state index contributed by atoms with van der Waals surface area (Å²) in [5.74, 6) is -0.431. The average Bonchev–Trinajstić information content (AvgIpc) is 3.36. The van der Waals surface area contributed by atoms with E-state index in [2.05, 4.69) is 22.1 Å². The molecule has 1 amide bonds. The van der Waals surface area contributed by atoms with Crippen molar-refractivity contribution in [3.63, 3.8) is 0 Å². The molecule has 0 saturated heterocycles. The maximum absolute atomic E-state index is 13.8. The minimum atomic E-state index is -3.83. The number of hydrogen-bond donors (Lipinski definition) is 1. The van der Waals surface area contributed by atoms with Crippen molar-refractivity contribution in [1.29, 1.82) is 0 Å². The molecule has 1 aliphatic heterocycles. The van der Waals surface area contributed by atoms with Gasteiger partial charge in [0, 0.05) is 24.4 Å². The summed E-state index contributed by atoms with van der Waals surface area (Å²) >= 11 is 1.47. The zero-order valence-corrected chi connectivity index (χ0v) is 19.5. The first-order valence-corrected chi connectivity index (χ1v) is 12.9. The zero-order valence-electron chi connectivity index (χ0n) is 17.8. The summed E-state index contributed by atoms with van der Waals surface area (Å²) < 4.78 is 26.1. The van der Waals surface area contributed by atoms with Gasteiger partial charge in [-0.1, -0.05) is 31.9 Å². The van der Waals surface area contributed by atoms with Gasteiger partial charge in [0.2, 0.25) is 5.91 Å². The third-order valence-corrected chi connectivity index (χ3v) is 10.1. The lowest BCUT2D eigenvalue weighted by Crippen LogP contribution is -2.47. The van der Waals surface area contributed by atoms with Gasteiger partial charge in [-0.3, -0.25) is 9.69 Å². The largest absolute Gasteiger partial charge is 0.301 e. The van der Waals surface area contributed by atoms with E-state index in [9.17, 15) is 13.2 Å². The topological polar surface area (TPSA) is 79.4 Å². The predicted octanol–water partition coefficient (Wildman–Crippen LogP) is 3.86. The van der Waals surface area contributed by atoms with Gasteiger partial charge < -0.3 is 5.32 Å². The number of carbonyl (C=O) groups excluding carboxylic acids is 1. The Balaban J connectivity index is 1.66. The van der Waals surface area contributed by atoms with Gasteiger partial charge in [-0.15, -0.1) is 11.3 Å². The van der Waals surface area contributed by atoms with E-state index in [0.29, 0.717) is 23.5 Å². The van der Waals surface area contributed by atoms with Gasteiger partial charge in [0.1, 0.15) is 0 Å². The van der Waals surface area contributed by atoms with Crippen LogP contribution in [0.2, 0.25) is 0 Å². The maximum Gasteiger partial charge on any atom is 0.248 e. The van der Waals surface area contributed by atoms with Crippen molar-refractivity contribution in [2.75, 3.05) is 18.4 Å². The second-order valence-electron chi connectivity index (χ2n) is 8.44. The van der Waals surface area contributed by atoms with Crippen molar-refractivity contribution < 1.29 is 13.2 Å². The van der Waals surface area contributed by atoms with E-state index in [1.165, 1.54) is 11.3 Å². The van der Waals surface area contributed by atoms with Crippen LogP contribution in [-0.2, 0) is 27.6 Å². The first kappa shape index (κ1) is 21.5. The van der Waals surface area contributed by atoms with E-state index in [0.717, 1.165) is 55.0 Å². The molecule has 0 radical (unpaired) electrons. The minimum absolute atomic E-state index is 0.275.